The SMILES string of the molecule is COCCOc1ccc(C2COCC(C)N2)cc1. The van der Waals surface area contributed by atoms with Gasteiger partial charge in [0.25, 0.3) is 0 Å². The van der Waals surface area contributed by atoms with Crippen LogP contribution in [0.3, 0.4) is 0 Å². The normalized spacial score (nSPS) is 23.9. The molecule has 0 radical (unpaired) electrons. The molecule has 100 valence electrons. The van der Waals surface area contributed by atoms with E-state index in [9.17, 15) is 0 Å². The molecule has 2 unspecified atom stereocenters. The first-order chi connectivity index (χ1) is 8.79. The van der Waals surface area contributed by atoms with Crippen LogP contribution >= 0.6 is 0 Å². The summed E-state index contributed by atoms with van der Waals surface area (Å²) >= 11 is 0. The number of rotatable bonds is 5. The van der Waals surface area contributed by atoms with Crippen LogP contribution in [0.4, 0.5) is 0 Å². The summed E-state index contributed by atoms with van der Waals surface area (Å²) in [4.78, 5) is 0. The molecule has 1 aliphatic heterocycles. The van der Waals surface area contributed by atoms with E-state index in [2.05, 4.69) is 24.4 Å². The summed E-state index contributed by atoms with van der Waals surface area (Å²) in [5.74, 6) is 0.876. The van der Waals surface area contributed by atoms with Gasteiger partial charge in [-0.15, -0.1) is 0 Å². The molecule has 0 saturated carbocycles. The Balaban J connectivity index is 1.90. The molecule has 0 aromatic heterocycles. The summed E-state index contributed by atoms with van der Waals surface area (Å²) in [6.45, 7) is 4.84. The number of nitrogens with one attached hydrogen (secondary N) is 1. The molecule has 1 heterocycles. The lowest BCUT2D eigenvalue weighted by molar-refractivity contribution is 0.0504. The van der Waals surface area contributed by atoms with Gasteiger partial charge in [-0.1, -0.05) is 12.1 Å². The molecule has 1 saturated heterocycles. The fourth-order valence-corrected chi connectivity index (χ4v) is 2.03. The predicted molar refractivity (Wildman–Crippen MR) is 70.0 cm³/mol. The average molecular weight is 251 g/mol. The Morgan fingerprint density at radius 3 is 2.67 bits per heavy atom. The van der Waals surface area contributed by atoms with E-state index in [1.54, 1.807) is 7.11 Å². The number of hydrogen-bond acceptors (Lipinski definition) is 4. The summed E-state index contributed by atoms with van der Waals surface area (Å²) in [5, 5.41) is 3.52. The van der Waals surface area contributed by atoms with Crippen LogP contribution in [-0.4, -0.2) is 39.6 Å². The lowest BCUT2D eigenvalue weighted by atomic mass is 10.1. The van der Waals surface area contributed by atoms with E-state index in [1.165, 1.54) is 5.56 Å². The Kier molecular flexibility index (Phi) is 4.99. The van der Waals surface area contributed by atoms with Gasteiger partial charge in [-0.25, -0.2) is 0 Å². The summed E-state index contributed by atoms with van der Waals surface area (Å²) in [5.41, 5.74) is 1.24. The minimum absolute atomic E-state index is 0.279. The van der Waals surface area contributed by atoms with Gasteiger partial charge < -0.3 is 19.5 Å². The largest absolute Gasteiger partial charge is 0.491 e. The summed E-state index contributed by atoms with van der Waals surface area (Å²) in [6, 6.07) is 8.84. The molecule has 0 spiro atoms. The smallest absolute Gasteiger partial charge is 0.119 e. The first-order valence-corrected chi connectivity index (χ1v) is 6.35. The zero-order chi connectivity index (χ0) is 12.8. The van der Waals surface area contributed by atoms with Crippen LogP contribution in [0.5, 0.6) is 5.75 Å². The highest BCUT2D eigenvalue weighted by molar-refractivity contribution is 5.29. The number of hydrogen-bond donors (Lipinski definition) is 1. The van der Waals surface area contributed by atoms with Crippen LogP contribution in [0, 0.1) is 0 Å². The molecule has 2 rings (SSSR count). The standard InChI is InChI=1S/C14H21NO3/c1-11-9-17-10-14(15-11)12-3-5-13(6-4-12)18-8-7-16-2/h3-6,11,14-15H,7-10H2,1-2H3. The molecule has 0 bridgehead atoms. The van der Waals surface area contributed by atoms with E-state index in [1.807, 2.05) is 12.1 Å². The number of ether oxygens (including phenoxy) is 3. The Bertz CT molecular complexity index is 353. The van der Waals surface area contributed by atoms with Gasteiger partial charge in [0, 0.05) is 13.2 Å². The van der Waals surface area contributed by atoms with Crippen molar-refractivity contribution in [3.8, 4) is 5.75 Å². The topological polar surface area (TPSA) is 39.7 Å². The molecule has 1 fully saturated rings. The Labute approximate surface area is 108 Å². The van der Waals surface area contributed by atoms with Crippen LogP contribution in [0.15, 0.2) is 24.3 Å². The maximum atomic E-state index is 5.55. The molecule has 4 nitrogen and oxygen atoms in total. The van der Waals surface area contributed by atoms with E-state index in [-0.39, 0.29) is 6.04 Å². The van der Waals surface area contributed by atoms with E-state index in [0.717, 1.165) is 19.0 Å². The van der Waals surface area contributed by atoms with Gasteiger partial charge in [0.05, 0.1) is 25.9 Å². The Morgan fingerprint density at radius 1 is 1.22 bits per heavy atom. The van der Waals surface area contributed by atoms with Crippen molar-refractivity contribution < 1.29 is 14.2 Å². The highest BCUT2D eigenvalue weighted by atomic mass is 16.5. The minimum Gasteiger partial charge on any atom is -0.491 e. The Hall–Kier alpha value is -1.10. The molecule has 4 heteroatoms. The average Bonchev–Trinajstić information content (AvgIpc) is 2.40. The number of morpholine rings is 1. The van der Waals surface area contributed by atoms with E-state index >= 15 is 0 Å². The van der Waals surface area contributed by atoms with Crippen molar-refractivity contribution in [1.82, 2.24) is 5.32 Å². The van der Waals surface area contributed by atoms with Gasteiger partial charge in [0.1, 0.15) is 12.4 Å². The molecule has 1 aromatic carbocycles. The third-order valence-electron chi connectivity index (χ3n) is 2.98. The highest BCUT2D eigenvalue weighted by Gasteiger charge is 2.19. The fraction of sp³-hybridized carbons (Fsp3) is 0.571. The second-order valence-electron chi connectivity index (χ2n) is 4.57. The Morgan fingerprint density at radius 2 is 2.00 bits per heavy atom. The van der Waals surface area contributed by atoms with E-state index in [0.29, 0.717) is 19.3 Å². The third-order valence-corrected chi connectivity index (χ3v) is 2.98. The van der Waals surface area contributed by atoms with E-state index < -0.39 is 0 Å². The molecule has 0 amide bonds. The van der Waals surface area contributed by atoms with Crippen LogP contribution in [0.25, 0.3) is 0 Å². The van der Waals surface area contributed by atoms with Crippen molar-refractivity contribution in [3.63, 3.8) is 0 Å². The zero-order valence-corrected chi connectivity index (χ0v) is 11.0. The van der Waals surface area contributed by atoms with Crippen LogP contribution in [0.2, 0.25) is 0 Å². The number of methoxy groups -OCH3 is 1. The summed E-state index contributed by atoms with van der Waals surface area (Å²) in [6.07, 6.45) is 0. The van der Waals surface area contributed by atoms with Crippen molar-refractivity contribution in [2.24, 2.45) is 0 Å². The monoisotopic (exact) mass is 251 g/mol. The molecule has 1 aromatic rings. The summed E-state index contributed by atoms with van der Waals surface area (Å²) < 4.78 is 16.0. The van der Waals surface area contributed by atoms with Crippen molar-refractivity contribution >= 4 is 0 Å². The van der Waals surface area contributed by atoms with Crippen LogP contribution < -0.4 is 10.1 Å². The van der Waals surface area contributed by atoms with Crippen molar-refractivity contribution in [3.05, 3.63) is 29.8 Å². The molecular formula is C14H21NO3. The third kappa shape index (κ3) is 3.70. The summed E-state index contributed by atoms with van der Waals surface area (Å²) in [7, 11) is 1.67. The van der Waals surface area contributed by atoms with Gasteiger partial charge >= 0.3 is 0 Å². The molecule has 18 heavy (non-hydrogen) atoms. The van der Waals surface area contributed by atoms with E-state index in [4.69, 9.17) is 14.2 Å². The van der Waals surface area contributed by atoms with Crippen LogP contribution in [0.1, 0.15) is 18.5 Å². The van der Waals surface area contributed by atoms with Crippen molar-refractivity contribution in [1.29, 1.82) is 0 Å². The van der Waals surface area contributed by atoms with Gasteiger partial charge in [0.2, 0.25) is 0 Å². The molecule has 2 atom stereocenters. The molecule has 1 aliphatic rings. The van der Waals surface area contributed by atoms with Crippen molar-refractivity contribution in [2.45, 2.75) is 19.0 Å². The highest BCUT2D eigenvalue weighted by Crippen LogP contribution is 2.20. The van der Waals surface area contributed by atoms with Gasteiger partial charge in [-0.05, 0) is 24.6 Å². The first-order valence-electron chi connectivity index (χ1n) is 6.35. The first kappa shape index (κ1) is 13.3. The number of benzene rings is 1. The van der Waals surface area contributed by atoms with Gasteiger partial charge in [0.15, 0.2) is 0 Å². The second kappa shape index (κ2) is 6.73. The molecular weight excluding hydrogens is 230 g/mol. The molecule has 0 aliphatic carbocycles. The predicted octanol–water partition coefficient (Wildman–Crippen LogP) is 1.76. The minimum atomic E-state index is 0.279. The van der Waals surface area contributed by atoms with Crippen molar-refractivity contribution in [2.75, 3.05) is 33.5 Å². The lowest BCUT2D eigenvalue weighted by Crippen LogP contribution is -2.41. The zero-order valence-electron chi connectivity index (χ0n) is 11.0. The van der Waals surface area contributed by atoms with Crippen LogP contribution in [-0.2, 0) is 9.47 Å². The lowest BCUT2D eigenvalue weighted by Gasteiger charge is -2.29. The fourth-order valence-electron chi connectivity index (χ4n) is 2.03. The quantitative estimate of drug-likeness (QED) is 0.810. The second-order valence-corrected chi connectivity index (χ2v) is 4.57. The van der Waals surface area contributed by atoms with Gasteiger partial charge in [-0.3, -0.25) is 0 Å². The maximum Gasteiger partial charge on any atom is 0.119 e. The van der Waals surface area contributed by atoms with Gasteiger partial charge in [-0.2, -0.15) is 0 Å². The molecule has 1 N–H and O–H groups in total. The maximum absolute atomic E-state index is 5.55.